The second-order valence-electron chi connectivity index (χ2n) is 8.84. The monoisotopic (exact) mass is 474 g/mol. The topological polar surface area (TPSA) is 85.9 Å². The van der Waals surface area contributed by atoms with Crippen molar-refractivity contribution >= 4 is 35.2 Å². The average Bonchev–Trinajstić information content (AvgIpc) is 3.04. The van der Waals surface area contributed by atoms with Crippen LogP contribution in [0.5, 0.6) is 0 Å². The van der Waals surface area contributed by atoms with Crippen LogP contribution in [0.1, 0.15) is 53.5 Å². The fourth-order valence-corrected chi connectivity index (χ4v) is 3.77. The Labute approximate surface area is 194 Å². The van der Waals surface area contributed by atoms with Crippen molar-refractivity contribution < 1.29 is 23.8 Å². The van der Waals surface area contributed by atoms with Crippen LogP contribution in [0.3, 0.4) is 0 Å². The summed E-state index contributed by atoms with van der Waals surface area (Å²) in [6.07, 6.45) is -0.147. The average molecular weight is 475 g/mol. The minimum absolute atomic E-state index is 0.0143. The summed E-state index contributed by atoms with van der Waals surface area (Å²) < 4.78 is 17.3. The van der Waals surface area contributed by atoms with Crippen molar-refractivity contribution in [2.75, 3.05) is 13.2 Å². The molecule has 1 fully saturated rings. The zero-order chi connectivity index (χ0) is 23.4. The van der Waals surface area contributed by atoms with Crippen molar-refractivity contribution in [3.8, 4) is 0 Å². The number of ether oxygens (including phenoxy) is 3. The molecule has 2 amide bonds. The van der Waals surface area contributed by atoms with Crippen LogP contribution in [0.2, 0.25) is 10.0 Å². The van der Waals surface area contributed by atoms with E-state index in [1.807, 2.05) is 20.8 Å². The summed E-state index contributed by atoms with van der Waals surface area (Å²) in [7, 11) is 0. The van der Waals surface area contributed by atoms with Crippen LogP contribution in [-0.4, -0.2) is 42.9 Å². The first-order valence-corrected chi connectivity index (χ1v) is 11.2. The molecule has 1 heterocycles. The molecule has 0 radical (unpaired) electrons. The van der Waals surface area contributed by atoms with Crippen LogP contribution in [0, 0.1) is 5.92 Å². The molecule has 0 saturated carbocycles. The van der Waals surface area contributed by atoms with Crippen molar-refractivity contribution in [1.82, 2.24) is 10.6 Å². The maximum absolute atomic E-state index is 13.0. The fraction of sp³-hybridized carbons (Fsp3) is 0.636. The van der Waals surface area contributed by atoms with Gasteiger partial charge in [-0.2, -0.15) is 0 Å². The van der Waals surface area contributed by atoms with Crippen LogP contribution >= 0.6 is 23.2 Å². The minimum atomic E-state index is -1.25. The zero-order valence-corrected chi connectivity index (χ0v) is 20.4. The number of alkyl carbamates (subject to hydrolysis) is 1. The molecule has 2 rings (SSSR count). The van der Waals surface area contributed by atoms with E-state index in [0.717, 1.165) is 0 Å². The van der Waals surface area contributed by atoms with Gasteiger partial charge in [0, 0.05) is 10.6 Å². The molecule has 1 aromatic rings. The molecule has 2 N–H and O–H groups in total. The molecule has 0 bridgehead atoms. The van der Waals surface area contributed by atoms with E-state index in [-0.39, 0.29) is 24.5 Å². The molecule has 31 heavy (non-hydrogen) atoms. The summed E-state index contributed by atoms with van der Waals surface area (Å²) >= 11 is 12.4. The number of halogens is 2. The van der Waals surface area contributed by atoms with Gasteiger partial charge in [0.1, 0.15) is 11.6 Å². The number of hydrogen-bond acceptors (Lipinski definition) is 5. The number of hydrogen-bond donors (Lipinski definition) is 2. The van der Waals surface area contributed by atoms with Gasteiger partial charge in [-0.05, 0) is 45.7 Å². The van der Waals surface area contributed by atoms with Gasteiger partial charge in [-0.3, -0.25) is 4.79 Å². The predicted molar refractivity (Wildman–Crippen MR) is 120 cm³/mol. The van der Waals surface area contributed by atoms with Gasteiger partial charge in [0.05, 0.1) is 24.3 Å². The van der Waals surface area contributed by atoms with E-state index in [9.17, 15) is 9.59 Å². The molecule has 7 nitrogen and oxygen atoms in total. The van der Waals surface area contributed by atoms with E-state index in [2.05, 4.69) is 10.6 Å². The van der Waals surface area contributed by atoms with E-state index < -0.39 is 23.5 Å². The van der Waals surface area contributed by atoms with E-state index in [4.69, 9.17) is 37.4 Å². The molecule has 0 aromatic heterocycles. The first-order chi connectivity index (χ1) is 14.4. The summed E-state index contributed by atoms with van der Waals surface area (Å²) in [5.41, 5.74) is -0.0964. The van der Waals surface area contributed by atoms with E-state index in [1.165, 1.54) is 0 Å². The summed E-state index contributed by atoms with van der Waals surface area (Å²) in [5.74, 6) is -1.73. The SMILES string of the molecule is CCC(C)C(NC(=O)OC(C)(C)C)C(=O)NCC1(c2ccc(Cl)cc2Cl)OCC(C)O1. The van der Waals surface area contributed by atoms with Crippen LogP contribution in [0.15, 0.2) is 18.2 Å². The lowest BCUT2D eigenvalue weighted by atomic mass is 9.98. The fourth-order valence-electron chi connectivity index (χ4n) is 3.22. The Morgan fingerprint density at radius 1 is 1.32 bits per heavy atom. The first-order valence-electron chi connectivity index (χ1n) is 10.4. The van der Waals surface area contributed by atoms with Crippen LogP contribution in [0.25, 0.3) is 0 Å². The van der Waals surface area contributed by atoms with E-state index in [0.29, 0.717) is 28.6 Å². The Bertz CT molecular complexity index is 799. The predicted octanol–water partition coefficient (Wildman–Crippen LogP) is 4.64. The highest BCUT2D eigenvalue weighted by Gasteiger charge is 2.44. The minimum Gasteiger partial charge on any atom is -0.444 e. The molecule has 4 atom stereocenters. The third-order valence-electron chi connectivity index (χ3n) is 4.95. The van der Waals surface area contributed by atoms with Crippen molar-refractivity contribution in [3.05, 3.63) is 33.8 Å². The third kappa shape index (κ3) is 6.97. The molecular weight excluding hydrogens is 443 g/mol. The van der Waals surface area contributed by atoms with E-state index >= 15 is 0 Å². The van der Waals surface area contributed by atoms with Crippen LogP contribution in [-0.2, 0) is 24.8 Å². The molecule has 0 aliphatic carbocycles. The van der Waals surface area contributed by atoms with Crippen molar-refractivity contribution in [1.29, 1.82) is 0 Å². The summed E-state index contributed by atoms with van der Waals surface area (Å²) in [4.78, 5) is 25.3. The van der Waals surface area contributed by atoms with Crippen molar-refractivity contribution in [2.24, 2.45) is 5.92 Å². The number of nitrogens with one attached hydrogen (secondary N) is 2. The van der Waals surface area contributed by atoms with Gasteiger partial charge in [0.25, 0.3) is 0 Å². The highest BCUT2D eigenvalue weighted by molar-refractivity contribution is 6.35. The first kappa shape index (κ1) is 25.7. The number of benzene rings is 1. The van der Waals surface area contributed by atoms with E-state index in [1.54, 1.807) is 39.0 Å². The third-order valence-corrected chi connectivity index (χ3v) is 5.50. The van der Waals surface area contributed by atoms with Gasteiger partial charge < -0.3 is 24.8 Å². The largest absolute Gasteiger partial charge is 0.444 e. The standard InChI is InChI=1S/C22H32Cl2N2O5/c1-7-13(2)18(26-20(28)31-21(4,5)6)19(27)25-12-22(29-11-14(3)30-22)16-9-8-15(23)10-17(16)24/h8-10,13-14,18H,7,11-12H2,1-6H3,(H,25,27)(H,26,28). The maximum atomic E-state index is 13.0. The number of carbonyl (C=O) groups is 2. The Morgan fingerprint density at radius 3 is 2.52 bits per heavy atom. The molecule has 174 valence electrons. The van der Waals surface area contributed by atoms with Crippen molar-refractivity contribution in [2.45, 2.75) is 71.5 Å². The second kappa shape index (κ2) is 10.4. The summed E-state index contributed by atoms with van der Waals surface area (Å²) in [6, 6.07) is 4.23. The van der Waals surface area contributed by atoms with Crippen LogP contribution in [0.4, 0.5) is 4.79 Å². The Balaban J connectivity index is 2.18. The second-order valence-corrected chi connectivity index (χ2v) is 9.69. The Hall–Kier alpha value is -1.54. The van der Waals surface area contributed by atoms with Gasteiger partial charge in [0.2, 0.25) is 11.7 Å². The molecule has 1 aromatic carbocycles. The maximum Gasteiger partial charge on any atom is 0.408 e. The lowest BCUT2D eigenvalue weighted by Crippen LogP contribution is -2.53. The molecular formula is C22H32Cl2N2O5. The lowest BCUT2D eigenvalue weighted by molar-refractivity contribution is -0.174. The molecule has 1 aliphatic rings. The summed E-state index contributed by atoms with van der Waals surface area (Å²) in [5, 5.41) is 6.40. The zero-order valence-electron chi connectivity index (χ0n) is 18.9. The van der Waals surface area contributed by atoms with Gasteiger partial charge in [0.15, 0.2) is 0 Å². The lowest BCUT2D eigenvalue weighted by Gasteiger charge is -2.31. The molecule has 9 heteroatoms. The quantitative estimate of drug-likeness (QED) is 0.600. The smallest absolute Gasteiger partial charge is 0.408 e. The van der Waals surface area contributed by atoms with Gasteiger partial charge in [-0.1, -0.05) is 49.5 Å². The number of carbonyl (C=O) groups excluding carboxylic acids is 2. The Morgan fingerprint density at radius 2 is 2.00 bits per heavy atom. The van der Waals surface area contributed by atoms with Gasteiger partial charge in [-0.15, -0.1) is 0 Å². The Kier molecular flexibility index (Phi) is 8.62. The highest BCUT2D eigenvalue weighted by Crippen LogP contribution is 2.38. The van der Waals surface area contributed by atoms with Gasteiger partial charge >= 0.3 is 6.09 Å². The normalized spacial score (nSPS) is 23.2. The van der Waals surface area contributed by atoms with Crippen LogP contribution < -0.4 is 10.6 Å². The number of rotatable bonds is 7. The molecule has 4 unspecified atom stereocenters. The highest BCUT2D eigenvalue weighted by atomic mass is 35.5. The number of amides is 2. The molecule has 0 spiro atoms. The molecule has 1 aliphatic heterocycles. The summed E-state index contributed by atoms with van der Waals surface area (Å²) in [6.45, 7) is 11.4. The van der Waals surface area contributed by atoms with Gasteiger partial charge in [-0.25, -0.2) is 4.79 Å². The molecule has 1 saturated heterocycles. The van der Waals surface area contributed by atoms with Crippen molar-refractivity contribution in [3.63, 3.8) is 0 Å².